The zero-order chi connectivity index (χ0) is 14.7. The van der Waals surface area contributed by atoms with E-state index in [-0.39, 0.29) is 28.1 Å². The first-order valence-corrected chi connectivity index (χ1v) is 6.24. The molecule has 0 radical (unpaired) electrons. The summed E-state index contributed by atoms with van der Waals surface area (Å²) in [6, 6.07) is 8.38. The molecule has 0 aliphatic heterocycles. The van der Waals surface area contributed by atoms with Gasteiger partial charge in [-0.2, -0.15) is 0 Å². The summed E-state index contributed by atoms with van der Waals surface area (Å²) in [6.07, 6.45) is 0. The minimum atomic E-state index is -0.596. The predicted octanol–water partition coefficient (Wildman–Crippen LogP) is 4.62. The second-order valence-corrected chi connectivity index (χ2v) is 4.70. The fourth-order valence-electron chi connectivity index (χ4n) is 1.56. The minimum Gasteiger partial charge on any atom is -0.484 e. The van der Waals surface area contributed by atoms with Gasteiger partial charge < -0.3 is 4.74 Å². The number of benzene rings is 2. The van der Waals surface area contributed by atoms with Crippen LogP contribution in [0.3, 0.4) is 0 Å². The van der Waals surface area contributed by atoms with Crippen molar-refractivity contribution < 1.29 is 14.1 Å². The number of nitrogens with zero attached hydrogens (tertiary/aromatic N) is 1. The summed E-state index contributed by atoms with van der Waals surface area (Å²) in [5.74, 6) is -0.687. The molecule has 0 bridgehead atoms. The van der Waals surface area contributed by atoms with E-state index in [0.717, 1.165) is 0 Å². The molecule has 0 aliphatic carbocycles. The number of halogens is 3. The van der Waals surface area contributed by atoms with Gasteiger partial charge in [-0.1, -0.05) is 35.3 Å². The zero-order valence-electron chi connectivity index (χ0n) is 9.98. The van der Waals surface area contributed by atoms with Crippen molar-refractivity contribution in [1.29, 1.82) is 0 Å². The number of ether oxygens (including phenoxy) is 1. The molecule has 0 aromatic heterocycles. The SMILES string of the molecule is O=[N+]([O-])c1cc(COc2c(F)cccc2Cl)ccc1Cl. The van der Waals surface area contributed by atoms with E-state index in [1.165, 1.54) is 30.3 Å². The Balaban J connectivity index is 2.19. The number of hydrogen-bond acceptors (Lipinski definition) is 3. The van der Waals surface area contributed by atoms with E-state index in [4.69, 9.17) is 27.9 Å². The highest BCUT2D eigenvalue weighted by Crippen LogP contribution is 2.29. The number of nitro benzene ring substituents is 1. The van der Waals surface area contributed by atoms with Gasteiger partial charge in [-0.15, -0.1) is 0 Å². The van der Waals surface area contributed by atoms with Gasteiger partial charge in [-0.05, 0) is 23.8 Å². The van der Waals surface area contributed by atoms with Crippen molar-refractivity contribution in [2.45, 2.75) is 6.61 Å². The smallest absolute Gasteiger partial charge is 0.288 e. The highest BCUT2D eigenvalue weighted by molar-refractivity contribution is 6.32. The van der Waals surface area contributed by atoms with Crippen LogP contribution in [0.4, 0.5) is 10.1 Å². The van der Waals surface area contributed by atoms with Crippen LogP contribution in [0, 0.1) is 15.9 Å². The number of nitro groups is 1. The molecule has 0 saturated heterocycles. The summed E-state index contributed by atoms with van der Waals surface area (Å²) in [5.41, 5.74) is 0.257. The number of rotatable bonds is 4. The number of para-hydroxylation sites is 1. The molecule has 0 atom stereocenters. The number of hydrogen-bond donors (Lipinski definition) is 0. The van der Waals surface area contributed by atoms with Crippen molar-refractivity contribution in [2.75, 3.05) is 0 Å². The second kappa shape index (κ2) is 6.07. The molecular formula is C13H8Cl2FNO3. The van der Waals surface area contributed by atoms with E-state index < -0.39 is 10.7 Å². The summed E-state index contributed by atoms with van der Waals surface area (Å²) in [6.45, 7) is -0.0569. The Morgan fingerprint density at radius 3 is 2.60 bits per heavy atom. The normalized spacial score (nSPS) is 10.3. The third-order valence-electron chi connectivity index (χ3n) is 2.51. The van der Waals surface area contributed by atoms with Crippen LogP contribution in [0.15, 0.2) is 36.4 Å². The highest BCUT2D eigenvalue weighted by Gasteiger charge is 2.14. The van der Waals surface area contributed by atoms with Gasteiger partial charge in [0, 0.05) is 6.07 Å². The van der Waals surface area contributed by atoms with E-state index in [9.17, 15) is 14.5 Å². The van der Waals surface area contributed by atoms with Gasteiger partial charge in [-0.3, -0.25) is 10.1 Å². The van der Waals surface area contributed by atoms with Crippen LogP contribution in [0.25, 0.3) is 0 Å². The van der Waals surface area contributed by atoms with Crippen molar-refractivity contribution in [1.82, 2.24) is 0 Å². The Morgan fingerprint density at radius 1 is 1.20 bits per heavy atom. The van der Waals surface area contributed by atoms with E-state index in [1.807, 2.05) is 0 Å². The molecule has 2 rings (SSSR count). The monoisotopic (exact) mass is 315 g/mol. The molecule has 4 nitrogen and oxygen atoms in total. The Bertz CT molecular complexity index is 644. The minimum absolute atomic E-state index is 0.0303. The van der Waals surface area contributed by atoms with Crippen LogP contribution in [0.1, 0.15) is 5.56 Å². The summed E-state index contributed by atoms with van der Waals surface area (Å²) in [4.78, 5) is 10.2. The van der Waals surface area contributed by atoms with Crippen molar-refractivity contribution in [3.63, 3.8) is 0 Å². The molecule has 2 aromatic carbocycles. The fourth-order valence-corrected chi connectivity index (χ4v) is 1.97. The third kappa shape index (κ3) is 3.18. The maximum Gasteiger partial charge on any atom is 0.288 e. The molecule has 2 aromatic rings. The maximum absolute atomic E-state index is 13.5. The Labute approximate surface area is 123 Å². The second-order valence-electron chi connectivity index (χ2n) is 3.88. The summed E-state index contributed by atoms with van der Waals surface area (Å²) in [5, 5.41) is 10.9. The molecule has 0 fully saturated rings. The standard InChI is InChI=1S/C13H8Cl2FNO3/c14-9-5-4-8(6-12(9)17(18)19)7-20-13-10(15)2-1-3-11(13)16/h1-6H,7H2. The van der Waals surface area contributed by atoms with Crippen LogP contribution in [0.5, 0.6) is 5.75 Å². The quantitative estimate of drug-likeness (QED) is 0.611. The first-order chi connectivity index (χ1) is 9.49. The maximum atomic E-state index is 13.5. The van der Waals surface area contributed by atoms with Crippen LogP contribution in [0.2, 0.25) is 10.0 Å². The van der Waals surface area contributed by atoms with Gasteiger partial charge in [0.05, 0.1) is 9.95 Å². The summed E-state index contributed by atoms with van der Waals surface area (Å²) >= 11 is 11.5. The van der Waals surface area contributed by atoms with Gasteiger partial charge in [0.2, 0.25) is 0 Å². The third-order valence-corrected chi connectivity index (χ3v) is 3.13. The summed E-state index contributed by atoms with van der Waals surface area (Å²) in [7, 11) is 0. The average molecular weight is 316 g/mol. The van der Waals surface area contributed by atoms with Crippen molar-refractivity contribution in [3.8, 4) is 5.75 Å². The molecule has 0 heterocycles. The van der Waals surface area contributed by atoms with Crippen LogP contribution < -0.4 is 4.74 Å². The molecule has 7 heteroatoms. The predicted molar refractivity (Wildman–Crippen MR) is 73.8 cm³/mol. The Kier molecular flexibility index (Phi) is 4.42. The molecule has 0 unspecified atom stereocenters. The first kappa shape index (κ1) is 14.6. The van der Waals surface area contributed by atoms with Crippen LogP contribution >= 0.6 is 23.2 Å². The largest absolute Gasteiger partial charge is 0.484 e. The molecule has 0 saturated carbocycles. The zero-order valence-corrected chi connectivity index (χ0v) is 11.5. The van der Waals surface area contributed by atoms with Crippen molar-refractivity contribution in [3.05, 3.63) is 67.9 Å². The highest BCUT2D eigenvalue weighted by atomic mass is 35.5. The van der Waals surface area contributed by atoms with E-state index >= 15 is 0 Å². The van der Waals surface area contributed by atoms with E-state index in [1.54, 1.807) is 6.07 Å². The van der Waals surface area contributed by atoms with Crippen LogP contribution in [-0.2, 0) is 6.61 Å². The lowest BCUT2D eigenvalue weighted by atomic mass is 10.2. The summed E-state index contributed by atoms with van der Waals surface area (Å²) < 4.78 is 18.7. The average Bonchev–Trinajstić information content (AvgIpc) is 2.39. The Morgan fingerprint density at radius 2 is 1.95 bits per heavy atom. The van der Waals surface area contributed by atoms with Gasteiger partial charge in [-0.25, -0.2) is 4.39 Å². The van der Waals surface area contributed by atoms with Gasteiger partial charge >= 0.3 is 0 Å². The molecule has 104 valence electrons. The van der Waals surface area contributed by atoms with Crippen LogP contribution in [-0.4, -0.2) is 4.92 Å². The van der Waals surface area contributed by atoms with Gasteiger partial charge in [0.15, 0.2) is 11.6 Å². The lowest BCUT2D eigenvalue weighted by Gasteiger charge is -2.09. The molecule has 0 amide bonds. The molecule has 20 heavy (non-hydrogen) atoms. The van der Waals surface area contributed by atoms with Gasteiger partial charge in [0.25, 0.3) is 5.69 Å². The lowest BCUT2D eigenvalue weighted by molar-refractivity contribution is -0.384. The first-order valence-electron chi connectivity index (χ1n) is 5.48. The van der Waals surface area contributed by atoms with Crippen molar-refractivity contribution in [2.24, 2.45) is 0 Å². The van der Waals surface area contributed by atoms with E-state index in [0.29, 0.717) is 5.56 Å². The van der Waals surface area contributed by atoms with Crippen molar-refractivity contribution >= 4 is 28.9 Å². The molecule has 0 aliphatic rings. The van der Waals surface area contributed by atoms with E-state index in [2.05, 4.69) is 0 Å². The molecule has 0 N–H and O–H groups in total. The topological polar surface area (TPSA) is 52.4 Å². The molecular weight excluding hydrogens is 308 g/mol. The molecule has 0 spiro atoms. The van der Waals surface area contributed by atoms with Gasteiger partial charge in [0.1, 0.15) is 11.6 Å². The lowest BCUT2D eigenvalue weighted by Crippen LogP contribution is -1.99. The fraction of sp³-hybridized carbons (Fsp3) is 0.0769. The Hall–Kier alpha value is -1.85.